The Labute approximate surface area is 188 Å². The van der Waals surface area contributed by atoms with Gasteiger partial charge in [0.05, 0.1) is 6.26 Å². The van der Waals surface area contributed by atoms with Gasteiger partial charge < -0.3 is 4.90 Å². The molecule has 0 radical (unpaired) electrons. The van der Waals surface area contributed by atoms with E-state index in [0.717, 1.165) is 30.9 Å². The van der Waals surface area contributed by atoms with E-state index in [-0.39, 0.29) is 11.8 Å². The second kappa shape index (κ2) is 9.18. The van der Waals surface area contributed by atoms with Crippen molar-refractivity contribution in [3.05, 3.63) is 46.6 Å². The summed E-state index contributed by atoms with van der Waals surface area (Å²) in [6, 6.07) is 7.59. The summed E-state index contributed by atoms with van der Waals surface area (Å²) in [5, 5.41) is 4.89. The number of hydrogen-bond donors (Lipinski definition) is 1. The minimum absolute atomic E-state index is 0.135. The van der Waals surface area contributed by atoms with Crippen molar-refractivity contribution >= 4 is 33.5 Å². The van der Waals surface area contributed by atoms with E-state index in [0.29, 0.717) is 19.0 Å². The van der Waals surface area contributed by atoms with E-state index in [9.17, 15) is 13.2 Å². The van der Waals surface area contributed by atoms with Crippen LogP contribution in [0.15, 0.2) is 30.5 Å². The van der Waals surface area contributed by atoms with Crippen molar-refractivity contribution in [3.63, 3.8) is 0 Å². The zero-order valence-corrected chi connectivity index (χ0v) is 19.2. The third-order valence-electron chi connectivity index (χ3n) is 5.98. The van der Waals surface area contributed by atoms with Crippen LogP contribution < -0.4 is 4.72 Å². The van der Waals surface area contributed by atoms with Crippen molar-refractivity contribution in [3.8, 4) is 0 Å². The lowest BCUT2D eigenvalue weighted by Gasteiger charge is -2.34. The van der Waals surface area contributed by atoms with Crippen LogP contribution in [0.1, 0.15) is 42.7 Å². The van der Waals surface area contributed by atoms with Crippen molar-refractivity contribution in [2.24, 2.45) is 0 Å². The number of sulfonamides is 1. The summed E-state index contributed by atoms with van der Waals surface area (Å²) in [6.45, 7) is 3.56. The fourth-order valence-electron chi connectivity index (χ4n) is 4.42. The molecule has 2 heterocycles. The van der Waals surface area contributed by atoms with Crippen LogP contribution in [0.25, 0.3) is 0 Å². The van der Waals surface area contributed by atoms with E-state index in [1.807, 2.05) is 6.07 Å². The zero-order valence-electron chi connectivity index (χ0n) is 17.6. The Hall–Kier alpha value is -2.10. The predicted octanol–water partition coefficient (Wildman–Crippen LogP) is 3.35. The number of aromatic nitrogens is 2. The number of halogens is 1. The molecule has 0 unspecified atom stereocenters. The van der Waals surface area contributed by atoms with Crippen molar-refractivity contribution in [2.45, 2.75) is 38.1 Å². The normalized spacial score (nSPS) is 18.5. The molecule has 1 saturated carbocycles. The second-order valence-electron chi connectivity index (χ2n) is 8.40. The van der Waals surface area contributed by atoms with Crippen LogP contribution in [-0.4, -0.2) is 66.5 Å². The van der Waals surface area contributed by atoms with Crippen molar-refractivity contribution in [2.75, 3.05) is 37.2 Å². The quantitative estimate of drug-likeness (QED) is 0.731. The lowest BCUT2D eigenvalue weighted by Crippen LogP contribution is -2.49. The summed E-state index contributed by atoms with van der Waals surface area (Å²) in [5.74, 6) is 0.716. The van der Waals surface area contributed by atoms with Gasteiger partial charge in [0.2, 0.25) is 10.0 Å². The average molecular weight is 466 g/mol. The lowest BCUT2D eigenvalue weighted by atomic mass is 9.95. The summed E-state index contributed by atoms with van der Waals surface area (Å²) in [5.41, 5.74) is 2.54. The number of anilines is 1. The molecule has 2 aliphatic rings. The highest BCUT2D eigenvalue weighted by Crippen LogP contribution is 2.38. The molecule has 0 spiro atoms. The Morgan fingerprint density at radius 2 is 1.87 bits per heavy atom. The van der Waals surface area contributed by atoms with Crippen LogP contribution in [0.2, 0.25) is 5.02 Å². The first-order valence-electron chi connectivity index (χ1n) is 10.6. The number of rotatable bonds is 5. The minimum atomic E-state index is -3.43. The van der Waals surface area contributed by atoms with Crippen LogP contribution >= 0.6 is 11.6 Å². The monoisotopic (exact) mass is 465 g/mol. The summed E-state index contributed by atoms with van der Waals surface area (Å²) < 4.78 is 26.1. The number of nitrogens with zero attached hydrogens (tertiary/aromatic N) is 4. The van der Waals surface area contributed by atoms with Gasteiger partial charge >= 0.3 is 6.03 Å². The summed E-state index contributed by atoms with van der Waals surface area (Å²) in [4.78, 5) is 16.8. The van der Waals surface area contributed by atoms with Crippen LogP contribution in [0.4, 0.5) is 10.6 Å². The van der Waals surface area contributed by atoms with E-state index in [1.54, 1.807) is 4.90 Å². The number of nitrogens with one attached hydrogen (secondary N) is 1. The Balaban J connectivity index is 1.33. The maximum atomic E-state index is 12.7. The molecule has 1 aliphatic heterocycles. The molecular formula is C21H28ClN5O3S. The molecule has 1 aromatic carbocycles. The summed E-state index contributed by atoms with van der Waals surface area (Å²) in [6.07, 6.45) is 7.52. The Kier molecular flexibility index (Phi) is 6.55. The number of piperazine rings is 1. The molecule has 1 amide bonds. The van der Waals surface area contributed by atoms with Gasteiger partial charge in [0.25, 0.3) is 0 Å². The van der Waals surface area contributed by atoms with Crippen molar-refractivity contribution < 1.29 is 13.2 Å². The summed E-state index contributed by atoms with van der Waals surface area (Å²) in [7, 11) is -3.43. The fraction of sp³-hybridized carbons (Fsp3) is 0.524. The zero-order chi connectivity index (χ0) is 22.0. The number of amides is 1. The molecule has 10 heteroatoms. The van der Waals surface area contributed by atoms with Gasteiger partial charge in [-0.2, -0.15) is 4.68 Å². The van der Waals surface area contributed by atoms with Gasteiger partial charge in [-0.15, -0.1) is 5.10 Å². The standard InChI is InChI=1S/C21H28ClN5O3S/c1-31(29,30)24-20-8-9-27(23-20)21(28)26-12-10-25(11-13-26)15-16-6-7-19(22)18(14-16)17-4-2-3-5-17/h6-9,14,17H,2-5,10-13,15H2,1H3,(H,23,24). The molecular weight excluding hydrogens is 438 g/mol. The third kappa shape index (κ3) is 5.58. The highest BCUT2D eigenvalue weighted by molar-refractivity contribution is 7.92. The van der Waals surface area contributed by atoms with E-state index in [4.69, 9.17) is 11.6 Å². The van der Waals surface area contributed by atoms with Gasteiger partial charge in [0, 0.05) is 50.0 Å². The lowest BCUT2D eigenvalue weighted by molar-refractivity contribution is 0.134. The van der Waals surface area contributed by atoms with Crippen LogP contribution in [0, 0.1) is 0 Å². The van der Waals surface area contributed by atoms with Gasteiger partial charge in [0.15, 0.2) is 5.82 Å². The average Bonchev–Trinajstić information content (AvgIpc) is 3.40. The molecule has 2 aromatic rings. The van der Waals surface area contributed by atoms with E-state index >= 15 is 0 Å². The highest BCUT2D eigenvalue weighted by Gasteiger charge is 2.24. The fourth-order valence-corrected chi connectivity index (χ4v) is 5.18. The molecule has 1 N–H and O–H groups in total. The van der Waals surface area contributed by atoms with E-state index < -0.39 is 10.0 Å². The third-order valence-corrected chi connectivity index (χ3v) is 6.90. The molecule has 1 aromatic heterocycles. The molecule has 0 atom stereocenters. The molecule has 168 valence electrons. The number of carbonyl (C=O) groups is 1. The first-order valence-corrected chi connectivity index (χ1v) is 12.9. The first kappa shape index (κ1) is 22.1. The minimum Gasteiger partial charge on any atom is -0.320 e. The van der Waals surface area contributed by atoms with Gasteiger partial charge in [-0.3, -0.25) is 9.62 Å². The van der Waals surface area contributed by atoms with Crippen LogP contribution in [0.3, 0.4) is 0 Å². The number of hydrogen-bond acceptors (Lipinski definition) is 5. The Bertz CT molecular complexity index is 1040. The van der Waals surface area contributed by atoms with Crippen molar-refractivity contribution in [1.82, 2.24) is 19.6 Å². The van der Waals surface area contributed by atoms with Gasteiger partial charge in [-0.05, 0) is 36.0 Å². The van der Waals surface area contributed by atoms with Gasteiger partial charge in [0.1, 0.15) is 0 Å². The molecule has 8 nitrogen and oxygen atoms in total. The van der Waals surface area contributed by atoms with E-state index in [2.05, 4.69) is 26.9 Å². The van der Waals surface area contributed by atoms with Crippen molar-refractivity contribution in [1.29, 1.82) is 0 Å². The van der Waals surface area contributed by atoms with Gasteiger partial charge in [-0.25, -0.2) is 13.2 Å². The Morgan fingerprint density at radius 1 is 1.16 bits per heavy atom. The second-order valence-corrected chi connectivity index (χ2v) is 10.6. The molecule has 4 rings (SSSR count). The van der Waals surface area contributed by atoms with Crippen LogP contribution in [-0.2, 0) is 16.6 Å². The topological polar surface area (TPSA) is 87.5 Å². The largest absolute Gasteiger partial charge is 0.344 e. The molecule has 31 heavy (non-hydrogen) atoms. The first-order chi connectivity index (χ1) is 14.8. The molecule has 1 saturated heterocycles. The number of benzene rings is 1. The smallest absolute Gasteiger partial charge is 0.320 e. The van der Waals surface area contributed by atoms with Crippen LogP contribution in [0.5, 0.6) is 0 Å². The maximum absolute atomic E-state index is 12.7. The molecule has 2 fully saturated rings. The maximum Gasteiger partial charge on any atom is 0.344 e. The molecule has 1 aliphatic carbocycles. The predicted molar refractivity (Wildman–Crippen MR) is 121 cm³/mol. The Morgan fingerprint density at radius 3 is 2.55 bits per heavy atom. The summed E-state index contributed by atoms with van der Waals surface area (Å²) >= 11 is 6.46. The highest BCUT2D eigenvalue weighted by atomic mass is 35.5. The number of carbonyl (C=O) groups excluding carboxylic acids is 1. The van der Waals surface area contributed by atoms with Gasteiger partial charge in [-0.1, -0.05) is 36.6 Å². The molecule has 0 bridgehead atoms. The SMILES string of the molecule is CS(=O)(=O)Nc1ccn(C(=O)N2CCN(Cc3ccc(Cl)c(C4CCCC4)c3)CC2)n1. The van der Waals surface area contributed by atoms with E-state index in [1.165, 1.54) is 53.8 Å².